The smallest absolute Gasteiger partial charge is 0.0709 e. The van der Waals surface area contributed by atoms with E-state index in [0.29, 0.717) is 0 Å². The lowest BCUT2D eigenvalue weighted by Crippen LogP contribution is -1.92. The predicted octanol–water partition coefficient (Wildman–Crippen LogP) is 14.2. The Hall–Kier alpha value is -7.49. The highest BCUT2D eigenvalue weighted by molar-refractivity contribution is 6.17. The molecule has 56 heavy (non-hydrogen) atoms. The van der Waals surface area contributed by atoms with Gasteiger partial charge in [0.15, 0.2) is 0 Å². The van der Waals surface area contributed by atoms with E-state index in [1.165, 1.54) is 65.2 Å². The third kappa shape index (κ3) is 4.74. The SMILES string of the molecule is c1ccc(-n2c3ccc4cc3c3cc(ccc32)c2ccc3c(c2)c2cc(ccc2n3-c2ccccc2)c2cccc(c2)c2cccc(n2)c2cccc4c2)cc1. The van der Waals surface area contributed by atoms with Gasteiger partial charge in [0.25, 0.3) is 0 Å². The van der Waals surface area contributed by atoms with Crippen LogP contribution < -0.4 is 0 Å². The lowest BCUT2D eigenvalue weighted by molar-refractivity contribution is 1.18. The minimum absolute atomic E-state index is 0.956. The highest BCUT2D eigenvalue weighted by Gasteiger charge is 2.15. The van der Waals surface area contributed by atoms with E-state index in [1.807, 2.05) is 0 Å². The zero-order valence-electron chi connectivity index (χ0n) is 30.4. The van der Waals surface area contributed by atoms with E-state index in [4.69, 9.17) is 4.98 Å². The highest BCUT2D eigenvalue weighted by atomic mass is 15.0. The van der Waals surface area contributed by atoms with Crippen molar-refractivity contribution in [3.05, 3.63) is 200 Å². The van der Waals surface area contributed by atoms with Crippen LogP contribution in [0.2, 0.25) is 0 Å². The molecule has 0 N–H and O–H groups in total. The second-order valence-electron chi connectivity index (χ2n) is 14.8. The van der Waals surface area contributed by atoms with Crippen LogP contribution in [0.25, 0.3) is 109 Å². The number of aromatic nitrogens is 3. The third-order valence-corrected chi connectivity index (χ3v) is 11.6. The molecule has 0 saturated carbocycles. The Bertz CT molecular complexity index is 3390. The van der Waals surface area contributed by atoms with Gasteiger partial charge >= 0.3 is 0 Å². The Balaban J connectivity index is 1.27. The minimum Gasteiger partial charge on any atom is -0.309 e. The summed E-state index contributed by atoms with van der Waals surface area (Å²) in [5.41, 5.74) is 8.96. The Morgan fingerprint density at radius 1 is 0.250 bits per heavy atom. The van der Waals surface area contributed by atoms with Gasteiger partial charge in [0.1, 0.15) is 0 Å². The van der Waals surface area contributed by atoms with Gasteiger partial charge in [0.05, 0.1) is 33.1 Å². The zero-order chi connectivity index (χ0) is 36.7. The minimum atomic E-state index is 0.956. The van der Waals surface area contributed by atoms with E-state index in [0.717, 1.165) is 44.0 Å². The molecule has 12 rings (SSSR count). The molecule has 0 aliphatic heterocycles. The molecular formula is C53H33N3. The molecule has 4 aromatic heterocycles. The van der Waals surface area contributed by atoms with Crippen LogP contribution in [-0.4, -0.2) is 14.1 Å². The molecule has 4 heterocycles. The molecule has 8 aromatic carbocycles. The molecule has 0 saturated heterocycles. The first-order chi connectivity index (χ1) is 27.7. The topological polar surface area (TPSA) is 22.8 Å². The second-order valence-corrected chi connectivity index (χ2v) is 14.8. The van der Waals surface area contributed by atoms with E-state index in [1.54, 1.807) is 0 Å². The second kappa shape index (κ2) is 12.0. The predicted molar refractivity (Wildman–Crippen MR) is 238 cm³/mol. The summed E-state index contributed by atoms with van der Waals surface area (Å²) in [6.45, 7) is 0. The van der Waals surface area contributed by atoms with Crippen molar-refractivity contribution in [2.45, 2.75) is 0 Å². The molecule has 0 unspecified atom stereocenters. The van der Waals surface area contributed by atoms with Crippen LogP contribution in [0.4, 0.5) is 0 Å². The van der Waals surface area contributed by atoms with Gasteiger partial charge in [0, 0.05) is 43.7 Å². The van der Waals surface area contributed by atoms with Crippen LogP contribution in [-0.2, 0) is 0 Å². The van der Waals surface area contributed by atoms with Crippen molar-refractivity contribution in [2.75, 3.05) is 0 Å². The summed E-state index contributed by atoms with van der Waals surface area (Å²) in [7, 11) is 0. The molecule has 0 radical (unpaired) electrons. The van der Waals surface area contributed by atoms with Gasteiger partial charge in [-0.05, 0) is 129 Å². The van der Waals surface area contributed by atoms with Crippen LogP contribution in [0, 0.1) is 0 Å². The van der Waals surface area contributed by atoms with E-state index < -0.39 is 0 Å². The van der Waals surface area contributed by atoms with Crippen LogP contribution in [0.5, 0.6) is 0 Å². The van der Waals surface area contributed by atoms with Gasteiger partial charge in [-0.2, -0.15) is 0 Å². The van der Waals surface area contributed by atoms with Crippen LogP contribution >= 0.6 is 0 Å². The molecule has 3 nitrogen and oxygen atoms in total. The lowest BCUT2D eigenvalue weighted by Gasteiger charge is -2.08. The van der Waals surface area contributed by atoms with Crippen molar-refractivity contribution in [3.63, 3.8) is 0 Å². The number of benzene rings is 8. The average molecular weight is 712 g/mol. The van der Waals surface area contributed by atoms with E-state index in [-0.39, 0.29) is 0 Å². The molecule has 0 spiro atoms. The molecule has 12 aromatic rings. The van der Waals surface area contributed by atoms with Gasteiger partial charge in [-0.15, -0.1) is 0 Å². The van der Waals surface area contributed by atoms with Gasteiger partial charge in [-0.25, -0.2) is 4.98 Å². The first-order valence-electron chi connectivity index (χ1n) is 19.2. The lowest BCUT2D eigenvalue weighted by atomic mass is 10.0. The Labute approximate surface area is 322 Å². The van der Waals surface area contributed by atoms with E-state index in [2.05, 4.69) is 209 Å². The normalized spacial score (nSPS) is 11.9. The number of hydrogen-bond acceptors (Lipinski definition) is 1. The van der Waals surface area contributed by atoms with Gasteiger partial charge in [0.2, 0.25) is 0 Å². The van der Waals surface area contributed by atoms with Crippen molar-refractivity contribution in [1.29, 1.82) is 0 Å². The first kappa shape index (κ1) is 30.9. The third-order valence-electron chi connectivity index (χ3n) is 11.6. The Morgan fingerprint density at radius 2 is 0.571 bits per heavy atom. The van der Waals surface area contributed by atoms with Crippen molar-refractivity contribution in [3.8, 4) is 11.4 Å². The van der Waals surface area contributed by atoms with Crippen LogP contribution in [0.1, 0.15) is 0 Å². The average Bonchev–Trinajstić information content (AvgIpc) is 3.78. The molecule has 0 amide bonds. The molecule has 260 valence electrons. The number of hydrogen-bond donors (Lipinski definition) is 0. The molecule has 0 aliphatic carbocycles. The van der Waals surface area contributed by atoms with Crippen molar-refractivity contribution in [1.82, 2.24) is 14.1 Å². The fourth-order valence-corrected chi connectivity index (χ4v) is 8.95. The first-order valence-corrected chi connectivity index (χ1v) is 19.2. The van der Waals surface area contributed by atoms with E-state index >= 15 is 0 Å². The molecule has 0 fully saturated rings. The van der Waals surface area contributed by atoms with Crippen molar-refractivity contribution < 1.29 is 0 Å². The van der Waals surface area contributed by atoms with Crippen LogP contribution in [0.3, 0.4) is 0 Å². The standard InChI is InChI=1S/C53H33N3/c1-3-14-42(15-4-1)55-50-24-20-36-30-44(50)46-32-38(22-26-52(46)55)39-23-27-53-47(33-39)45-31-37(21-25-51(45)56(53)43-16-5-2-6-17-43)35-11-8-13-41(29-35)49-19-9-18-48(54-49)40-12-7-10-34(36)28-40/h1-33H. The fraction of sp³-hybridized carbons (Fsp3) is 0. The molecular weight excluding hydrogens is 679 g/mol. The monoisotopic (exact) mass is 711 g/mol. The summed E-state index contributed by atoms with van der Waals surface area (Å²) in [5.74, 6) is 0. The summed E-state index contributed by atoms with van der Waals surface area (Å²) in [6.07, 6.45) is 0. The van der Waals surface area contributed by atoms with E-state index in [9.17, 15) is 0 Å². The number of rotatable bonds is 2. The number of para-hydroxylation sites is 2. The summed E-state index contributed by atoms with van der Waals surface area (Å²) in [6, 6.07) is 73.2. The van der Waals surface area contributed by atoms with Gasteiger partial charge in [-0.1, -0.05) is 103 Å². The Morgan fingerprint density at radius 3 is 0.946 bits per heavy atom. The summed E-state index contributed by atoms with van der Waals surface area (Å²) in [4.78, 5) is 5.24. The maximum Gasteiger partial charge on any atom is 0.0709 e. The maximum absolute atomic E-state index is 5.24. The Kier molecular flexibility index (Phi) is 6.63. The van der Waals surface area contributed by atoms with Gasteiger partial charge in [-0.3, -0.25) is 0 Å². The van der Waals surface area contributed by atoms with Crippen molar-refractivity contribution >= 4 is 97.7 Å². The largest absolute Gasteiger partial charge is 0.309 e. The molecule has 0 atom stereocenters. The molecule has 3 heteroatoms. The highest BCUT2D eigenvalue weighted by Crippen LogP contribution is 2.38. The maximum atomic E-state index is 5.24. The zero-order valence-corrected chi connectivity index (χ0v) is 30.4. The fourth-order valence-electron chi connectivity index (χ4n) is 8.95. The van der Waals surface area contributed by atoms with Crippen molar-refractivity contribution in [2.24, 2.45) is 0 Å². The summed E-state index contributed by atoms with van der Waals surface area (Å²) >= 11 is 0. The summed E-state index contributed by atoms with van der Waals surface area (Å²) < 4.78 is 4.80. The summed E-state index contributed by atoms with van der Waals surface area (Å²) in [5, 5.41) is 14.2. The molecule has 14 bridgehead atoms. The number of nitrogens with zero attached hydrogens (tertiary/aromatic N) is 3. The molecule has 0 aliphatic rings. The quantitative estimate of drug-likeness (QED) is 0.175. The number of fused-ring (bicyclic) bond motifs is 15. The van der Waals surface area contributed by atoms with Crippen LogP contribution in [0.15, 0.2) is 200 Å². The number of pyridine rings is 1. The van der Waals surface area contributed by atoms with Gasteiger partial charge < -0.3 is 9.13 Å².